The van der Waals surface area contributed by atoms with E-state index in [2.05, 4.69) is 36.4 Å². The van der Waals surface area contributed by atoms with E-state index in [1.165, 1.54) is 7.11 Å². The van der Waals surface area contributed by atoms with Crippen molar-refractivity contribution < 1.29 is 14.3 Å². The fraction of sp³-hybridized carbons (Fsp3) is 0.136. The van der Waals surface area contributed by atoms with Gasteiger partial charge in [-0.2, -0.15) is 0 Å². The molecular formula is C22H22O3P+. The molecule has 0 heterocycles. The van der Waals surface area contributed by atoms with Gasteiger partial charge >= 0.3 is 5.97 Å². The lowest BCUT2D eigenvalue weighted by molar-refractivity contribution is -0.147. The Morgan fingerprint density at radius 1 is 0.692 bits per heavy atom. The second kappa shape index (κ2) is 8.27. The Hall–Kier alpha value is -2.48. The predicted molar refractivity (Wildman–Crippen MR) is 108 cm³/mol. The summed E-state index contributed by atoms with van der Waals surface area (Å²) in [5.74, 6) is -1.09. The molecule has 0 aliphatic rings. The average Bonchev–Trinajstić information content (AvgIpc) is 2.73. The third-order valence-electron chi connectivity index (χ3n) is 4.47. The smallest absolute Gasteiger partial charge is 0.376 e. The van der Waals surface area contributed by atoms with E-state index in [-0.39, 0.29) is 5.97 Å². The molecule has 0 spiro atoms. The fourth-order valence-electron chi connectivity index (χ4n) is 3.36. The van der Waals surface area contributed by atoms with Crippen molar-refractivity contribution >= 4 is 29.1 Å². The Bertz CT molecular complexity index is 738. The highest BCUT2D eigenvalue weighted by Crippen LogP contribution is 2.60. The van der Waals surface area contributed by atoms with Crippen LogP contribution in [0.2, 0.25) is 0 Å². The molecular weight excluding hydrogens is 343 g/mol. The van der Waals surface area contributed by atoms with E-state index in [1.54, 1.807) is 7.11 Å². The zero-order chi connectivity index (χ0) is 18.4. The summed E-state index contributed by atoms with van der Waals surface area (Å²) in [6.45, 7) is 0. The quantitative estimate of drug-likeness (QED) is 0.497. The fourth-order valence-corrected chi connectivity index (χ4v) is 7.73. The van der Waals surface area contributed by atoms with E-state index >= 15 is 0 Å². The molecule has 3 nitrogen and oxygen atoms in total. The molecule has 0 aliphatic heterocycles. The molecule has 132 valence electrons. The van der Waals surface area contributed by atoms with Gasteiger partial charge in [-0.1, -0.05) is 54.6 Å². The summed E-state index contributed by atoms with van der Waals surface area (Å²) in [5.41, 5.74) is 0. The second-order valence-corrected chi connectivity index (χ2v) is 9.30. The van der Waals surface area contributed by atoms with Gasteiger partial charge in [-0.3, -0.25) is 0 Å². The van der Waals surface area contributed by atoms with Gasteiger partial charge in [-0.15, -0.1) is 0 Å². The van der Waals surface area contributed by atoms with Gasteiger partial charge < -0.3 is 9.47 Å². The maximum Gasteiger partial charge on any atom is 0.376 e. The second-order valence-electron chi connectivity index (χ2n) is 5.84. The first kappa shape index (κ1) is 18.3. The van der Waals surface area contributed by atoms with Gasteiger partial charge in [0.05, 0.1) is 7.11 Å². The van der Waals surface area contributed by atoms with E-state index in [9.17, 15) is 4.79 Å². The Balaban J connectivity index is 2.41. The molecule has 0 aromatic heterocycles. The molecule has 4 heteroatoms. The summed E-state index contributed by atoms with van der Waals surface area (Å²) in [6.07, 6.45) is 0. The Kier molecular flexibility index (Phi) is 5.82. The highest BCUT2D eigenvalue weighted by molar-refractivity contribution is 7.96. The summed E-state index contributed by atoms with van der Waals surface area (Å²) >= 11 is 0. The standard InChI is InChI=1S/C22H22O3P/c1-24-21(23)22(25-2)26(18-12-6-3-7-13-18,19-14-8-4-9-15-19)20-16-10-5-11-17-20/h3-17,22H,1-2H3/q+1. The molecule has 26 heavy (non-hydrogen) atoms. The lowest BCUT2D eigenvalue weighted by Crippen LogP contribution is -2.43. The van der Waals surface area contributed by atoms with Crippen LogP contribution in [-0.4, -0.2) is 26.0 Å². The first-order chi connectivity index (χ1) is 12.7. The first-order valence-electron chi connectivity index (χ1n) is 8.41. The van der Waals surface area contributed by atoms with Crippen LogP contribution in [0.1, 0.15) is 0 Å². The molecule has 3 aromatic rings. The summed E-state index contributed by atoms with van der Waals surface area (Å²) in [7, 11) is 0.549. The van der Waals surface area contributed by atoms with Crippen LogP contribution in [0.4, 0.5) is 0 Å². The van der Waals surface area contributed by atoms with Gasteiger partial charge in [0.15, 0.2) is 7.26 Å². The zero-order valence-electron chi connectivity index (χ0n) is 14.9. The monoisotopic (exact) mass is 365 g/mol. The number of benzene rings is 3. The number of ether oxygens (including phenoxy) is 2. The van der Waals surface area contributed by atoms with Crippen molar-refractivity contribution in [2.45, 2.75) is 5.85 Å². The predicted octanol–water partition coefficient (Wildman–Crippen LogP) is 3.13. The van der Waals surface area contributed by atoms with Crippen LogP contribution in [0.25, 0.3) is 0 Å². The van der Waals surface area contributed by atoms with E-state index in [4.69, 9.17) is 9.47 Å². The summed E-state index contributed by atoms with van der Waals surface area (Å²) < 4.78 is 10.9. The maximum atomic E-state index is 12.8. The third-order valence-corrected chi connectivity index (χ3v) is 8.93. The molecule has 0 bridgehead atoms. The first-order valence-corrected chi connectivity index (χ1v) is 10.3. The molecule has 3 aromatic carbocycles. The van der Waals surface area contributed by atoms with Crippen molar-refractivity contribution in [3.8, 4) is 0 Å². The number of hydrogen-bond acceptors (Lipinski definition) is 3. The minimum absolute atomic E-state index is 0.364. The van der Waals surface area contributed by atoms with E-state index in [0.717, 1.165) is 15.9 Å². The van der Waals surface area contributed by atoms with E-state index in [0.29, 0.717) is 0 Å². The molecule has 0 fully saturated rings. The number of carbonyl (C=O) groups is 1. The van der Waals surface area contributed by atoms with E-state index < -0.39 is 13.1 Å². The van der Waals surface area contributed by atoms with Gasteiger partial charge in [0.2, 0.25) is 0 Å². The van der Waals surface area contributed by atoms with Crippen molar-refractivity contribution in [1.29, 1.82) is 0 Å². The topological polar surface area (TPSA) is 35.5 Å². The van der Waals surface area contributed by atoms with Gasteiger partial charge in [0.1, 0.15) is 15.9 Å². The molecule has 0 saturated heterocycles. The third kappa shape index (κ3) is 3.16. The number of rotatable bonds is 6. The Morgan fingerprint density at radius 3 is 1.31 bits per heavy atom. The van der Waals surface area contributed by atoms with Crippen molar-refractivity contribution in [1.82, 2.24) is 0 Å². The molecule has 1 atom stereocenters. The van der Waals surface area contributed by atoms with Crippen LogP contribution in [0.3, 0.4) is 0 Å². The Morgan fingerprint density at radius 2 is 1.04 bits per heavy atom. The van der Waals surface area contributed by atoms with E-state index in [1.807, 2.05) is 54.6 Å². The SMILES string of the molecule is COC(=O)C(OC)[P+](c1ccccc1)(c1ccccc1)c1ccccc1. The molecule has 0 saturated carbocycles. The number of carbonyl (C=O) groups excluding carboxylic acids is 1. The minimum atomic E-state index is -2.43. The zero-order valence-corrected chi connectivity index (χ0v) is 15.8. The summed E-state index contributed by atoms with van der Waals surface area (Å²) in [4.78, 5) is 12.8. The molecule has 0 amide bonds. The van der Waals surface area contributed by atoms with Gasteiger partial charge in [0, 0.05) is 7.11 Å². The Labute approximate surface area is 154 Å². The molecule has 0 radical (unpaired) electrons. The van der Waals surface area contributed by atoms with Crippen molar-refractivity contribution in [2.75, 3.05) is 14.2 Å². The van der Waals surface area contributed by atoms with Crippen LogP contribution in [-0.2, 0) is 14.3 Å². The molecule has 3 rings (SSSR count). The highest BCUT2D eigenvalue weighted by atomic mass is 31.2. The van der Waals surface area contributed by atoms with Crippen molar-refractivity contribution in [3.63, 3.8) is 0 Å². The van der Waals surface area contributed by atoms with Gasteiger partial charge in [-0.05, 0) is 36.4 Å². The molecule has 1 unspecified atom stereocenters. The normalized spacial score (nSPS) is 12.4. The van der Waals surface area contributed by atoms with Crippen LogP contribution < -0.4 is 15.9 Å². The summed E-state index contributed by atoms with van der Waals surface area (Å²) in [5, 5.41) is 3.24. The van der Waals surface area contributed by atoms with Gasteiger partial charge in [-0.25, -0.2) is 4.79 Å². The molecule has 0 aliphatic carbocycles. The van der Waals surface area contributed by atoms with Crippen LogP contribution in [0, 0.1) is 0 Å². The minimum Gasteiger partial charge on any atom is -0.464 e. The van der Waals surface area contributed by atoms with Gasteiger partial charge in [0.25, 0.3) is 5.85 Å². The van der Waals surface area contributed by atoms with Crippen molar-refractivity contribution in [3.05, 3.63) is 91.0 Å². The number of esters is 1. The lowest BCUT2D eigenvalue weighted by atomic mass is 10.4. The highest BCUT2D eigenvalue weighted by Gasteiger charge is 2.57. The largest absolute Gasteiger partial charge is 0.464 e. The summed E-state index contributed by atoms with van der Waals surface area (Å²) in [6, 6.07) is 30.4. The van der Waals surface area contributed by atoms with Crippen LogP contribution in [0.5, 0.6) is 0 Å². The number of methoxy groups -OCH3 is 2. The van der Waals surface area contributed by atoms with Crippen LogP contribution in [0.15, 0.2) is 91.0 Å². The van der Waals surface area contributed by atoms with Crippen LogP contribution >= 0.6 is 7.26 Å². The van der Waals surface area contributed by atoms with Crippen molar-refractivity contribution in [2.24, 2.45) is 0 Å². The molecule has 0 N–H and O–H groups in total. The maximum absolute atomic E-state index is 12.8. The average molecular weight is 365 g/mol. The number of hydrogen-bond donors (Lipinski definition) is 0. The lowest BCUT2D eigenvalue weighted by Gasteiger charge is -2.31.